The molecule has 1 rings (SSSR count). The van der Waals surface area contributed by atoms with Gasteiger partial charge in [-0.1, -0.05) is 11.6 Å². The van der Waals surface area contributed by atoms with Crippen LogP contribution in [0.3, 0.4) is 0 Å². The zero-order chi connectivity index (χ0) is 12.0. The van der Waals surface area contributed by atoms with E-state index in [9.17, 15) is 5.11 Å². The van der Waals surface area contributed by atoms with E-state index in [1.807, 2.05) is 32.0 Å². The first-order valence-electron chi connectivity index (χ1n) is 5.64. The number of ether oxygens (including phenoxy) is 2. The molecular weight excluding hydrogens is 204 g/mol. The second-order valence-corrected chi connectivity index (χ2v) is 3.76. The molecule has 0 aliphatic rings. The fourth-order valence-corrected chi connectivity index (χ4v) is 1.48. The SMILES string of the molecule is CCOCCOc1ccc(C)cc1[C@H](C)O. The molecule has 0 aromatic heterocycles. The maximum absolute atomic E-state index is 9.62. The number of benzene rings is 1. The summed E-state index contributed by atoms with van der Waals surface area (Å²) in [7, 11) is 0. The lowest BCUT2D eigenvalue weighted by atomic mass is 10.1. The summed E-state index contributed by atoms with van der Waals surface area (Å²) in [6.45, 7) is 7.47. The highest BCUT2D eigenvalue weighted by Crippen LogP contribution is 2.26. The zero-order valence-corrected chi connectivity index (χ0v) is 10.2. The summed E-state index contributed by atoms with van der Waals surface area (Å²) in [4.78, 5) is 0. The van der Waals surface area contributed by atoms with Crippen LogP contribution < -0.4 is 4.74 Å². The van der Waals surface area contributed by atoms with Crippen LogP contribution >= 0.6 is 0 Å². The third kappa shape index (κ3) is 3.83. The van der Waals surface area contributed by atoms with Crippen molar-refractivity contribution in [1.29, 1.82) is 0 Å². The third-order valence-electron chi connectivity index (χ3n) is 2.30. The predicted molar refractivity (Wildman–Crippen MR) is 63.8 cm³/mol. The Kier molecular flexibility index (Phi) is 5.29. The van der Waals surface area contributed by atoms with Gasteiger partial charge in [-0.3, -0.25) is 0 Å². The Hall–Kier alpha value is -1.06. The van der Waals surface area contributed by atoms with Gasteiger partial charge in [-0.15, -0.1) is 0 Å². The van der Waals surface area contributed by atoms with E-state index in [1.165, 1.54) is 0 Å². The van der Waals surface area contributed by atoms with Crippen molar-refractivity contribution >= 4 is 0 Å². The normalized spacial score (nSPS) is 12.5. The van der Waals surface area contributed by atoms with Crippen LogP contribution in [-0.4, -0.2) is 24.9 Å². The van der Waals surface area contributed by atoms with Crippen molar-refractivity contribution in [3.63, 3.8) is 0 Å². The van der Waals surface area contributed by atoms with Crippen molar-refractivity contribution in [1.82, 2.24) is 0 Å². The molecule has 0 aliphatic heterocycles. The summed E-state index contributed by atoms with van der Waals surface area (Å²) in [5.74, 6) is 0.736. The molecule has 0 unspecified atom stereocenters. The van der Waals surface area contributed by atoms with Crippen LogP contribution in [0.4, 0.5) is 0 Å². The van der Waals surface area contributed by atoms with Crippen molar-refractivity contribution in [2.75, 3.05) is 19.8 Å². The Morgan fingerprint density at radius 2 is 2.06 bits per heavy atom. The highest BCUT2D eigenvalue weighted by Gasteiger charge is 2.09. The fraction of sp³-hybridized carbons (Fsp3) is 0.538. The summed E-state index contributed by atoms with van der Waals surface area (Å²) in [5, 5.41) is 9.62. The van der Waals surface area contributed by atoms with Crippen LogP contribution in [0.1, 0.15) is 31.1 Å². The highest BCUT2D eigenvalue weighted by molar-refractivity contribution is 5.38. The van der Waals surface area contributed by atoms with Gasteiger partial charge in [-0.25, -0.2) is 0 Å². The molecule has 3 heteroatoms. The van der Waals surface area contributed by atoms with E-state index in [2.05, 4.69) is 0 Å². The van der Waals surface area contributed by atoms with Crippen LogP contribution in [0, 0.1) is 6.92 Å². The van der Waals surface area contributed by atoms with E-state index in [1.54, 1.807) is 6.92 Å². The van der Waals surface area contributed by atoms with Gasteiger partial charge in [0.15, 0.2) is 0 Å². The second kappa shape index (κ2) is 6.51. The fourth-order valence-electron chi connectivity index (χ4n) is 1.48. The molecule has 1 aromatic rings. The van der Waals surface area contributed by atoms with Gasteiger partial charge in [-0.2, -0.15) is 0 Å². The van der Waals surface area contributed by atoms with Crippen molar-refractivity contribution in [2.24, 2.45) is 0 Å². The van der Waals surface area contributed by atoms with Gasteiger partial charge in [0.1, 0.15) is 12.4 Å². The Labute approximate surface area is 97.0 Å². The number of hydrogen-bond donors (Lipinski definition) is 1. The first-order valence-corrected chi connectivity index (χ1v) is 5.64. The van der Waals surface area contributed by atoms with Gasteiger partial charge in [0, 0.05) is 12.2 Å². The molecule has 0 saturated heterocycles. The Morgan fingerprint density at radius 1 is 1.31 bits per heavy atom. The number of aryl methyl sites for hydroxylation is 1. The van der Waals surface area contributed by atoms with E-state index in [4.69, 9.17) is 9.47 Å². The molecule has 0 saturated carbocycles. The van der Waals surface area contributed by atoms with E-state index >= 15 is 0 Å². The molecule has 0 heterocycles. The monoisotopic (exact) mass is 224 g/mol. The molecule has 16 heavy (non-hydrogen) atoms. The lowest BCUT2D eigenvalue weighted by Crippen LogP contribution is -2.08. The summed E-state index contributed by atoms with van der Waals surface area (Å²) < 4.78 is 10.8. The molecule has 1 aromatic carbocycles. The van der Waals surface area contributed by atoms with Gasteiger partial charge >= 0.3 is 0 Å². The van der Waals surface area contributed by atoms with Gasteiger partial charge in [0.25, 0.3) is 0 Å². The minimum absolute atomic E-state index is 0.511. The molecule has 0 amide bonds. The topological polar surface area (TPSA) is 38.7 Å². The summed E-state index contributed by atoms with van der Waals surface area (Å²) >= 11 is 0. The molecule has 3 nitrogen and oxygen atoms in total. The van der Waals surface area contributed by atoms with E-state index in [0.29, 0.717) is 19.8 Å². The minimum atomic E-state index is -0.512. The van der Waals surface area contributed by atoms with Crippen molar-refractivity contribution in [3.05, 3.63) is 29.3 Å². The lowest BCUT2D eigenvalue weighted by molar-refractivity contribution is 0.108. The number of aliphatic hydroxyl groups is 1. The third-order valence-corrected chi connectivity index (χ3v) is 2.30. The van der Waals surface area contributed by atoms with E-state index in [0.717, 1.165) is 16.9 Å². The molecule has 0 fully saturated rings. The maximum atomic E-state index is 9.62. The van der Waals surface area contributed by atoms with Crippen molar-refractivity contribution in [2.45, 2.75) is 26.9 Å². The van der Waals surface area contributed by atoms with Gasteiger partial charge in [0.05, 0.1) is 12.7 Å². The van der Waals surface area contributed by atoms with Crippen molar-refractivity contribution in [3.8, 4) is 5.75 Å². The van der Waals surface area contributed by atoms with Crippen LogP contribution in [-0.2, 0) is 4.74 Å². The largest absolute Gasteiger partial charge is 0.491 e. The standard InChI is InChI=1S/C13H20O3/c1-4-15-7-8-16-13-6-5-10(2)9-12(13)11(3)14/h5-6,9,11,14H,4,7-8H2,1-3H3/t11-/m0/s1. The molecule has 1 atom stereocenters. The van der Waals surface area contributed by atoms with Crippen LogP contribution in [0.25, 0.3) is 0 Å². The molecule has 0 spiro atoms. The van der Waals surface area contributed by atoms with Gasteiger partial charge < -0.3 is 14.6 Å². The minimum Gasteiger partial charge on any atom is -0.491 e. The van der Waals surface area contributed by atoms with E-state index in [-0.39, 0.29) is 0 Å². The maximum Gasteiger partial charge on any atom is 0.125 e. The molecule has 1 N–H and O–H groups in total. The van der Waals surface area contributed by atoms with Gasteiger partial charge in [0.2, 0.25) is 0 Å². The van der Waals surface area contributed by atoms with Crippen molar-refractivity contribution < 1.29 is 14.6 Å². The average Bonchev–Trinajstić information content (AvgIpc) is 2.26. The van der Waals surface area contributed by atoms with Gasteiger partial charge in [-0.05, 0) is 32.9 Å². The van der Waals surface area contributed by atoms with E-state index < -0.39 is 6.10 Å². The molecule has 90 valence electrons. The molecule has 0 aliphatic carbocycles. The summed E-state index contributed by atoms with van der Waals surface area (Å²) in [6, 6.07) is 5.81. The number of aliphatic hydroxyl groups excluding tert-OH is 1. The zero-order valence-electron chi connectivity index (χ0n) is 10.2. The second-order valence-electron chi connectivity index (χ2n) is 3.76. The predicted octanol–water partition coefficient (Wildman–Crippen LogP) is 2.46. The Balaban J connectivity index is 2.64. The first-order chi connectivity index (χ1) is 7.65. The highest BCUT2D eigenvalue weighted by atomic mass is 16.5. The Morgan fingerprint density at radius 3 is 2.69 bits per heavy atom. The smallest absolute Gasteiger partial charge is 0.125 e. The molecular formula is C13H20O3. The molecule has 0 radical (unpaired) electrons. The summed E-state index contributed by atoms with van der Waals surface area (Å²) in [6.07, 6.45) is -0.512. The van der Waals surface area contributed by atoms with Crippen LogP contribution in [0.15, 0.2) is 18.2 Å². The first kappa shape index (κ1) is 13.0. The number of rotatable bonds is 6. The average molecular weight is 224 g/mol. The summed E-state index contributed by atoms with van der Waals surface area (Å²) in [5.41, 5.74) is 1.95. The number of hydrogen-bond acceptors (Lipinski definition) is 3. The molecule has 0 bridgehead atoms. The Bertz CT molecular complexity index is 321. The quantitative estimate of drug-likeness (QED) is 0.754. The lowest BCUT2D eigenvalue weighted by Gasteiger charge is -2.14. The van der Waals surface area contributed by atoms with Crippen LogP contribution in [0.2, 0.25) is 0 Å². The van der Waals surface area contributed by atoms with Crippen LogP contribution in [0.5, 0.6) is 5.75 Å².